The monoisotopic (exact) mass is 315 g/mol. The number of halogens is 1. The van der Waals surface area contributed by atoms with Crippen LogP contribution >= 0.6 is 11.6 Å². The lowest BCUT2D eigenvalue weighted by molar-refractivity contribution is 0.0698. The second-order valence-electron chi connectivity index (χ2n) is 5.33. The lowest BCUT2D eigenvalue weighted by Crippen LogP contribution is -2.39. The van der Waals surface area contributed by atoms with Gasteiger partial charge in [-0.05, 0) is 43.0 Å². The number of amides is 1. The second-order valence-corrected chi connectivity index (χ2v) is 7.96. The number of likely N-dealkylation sites (tertiary alicyclic amines) is 1. The van der Waals surface area contributed by atoms with Crippen LogP contribution in [0.3, 0.4) is 0 Å². The number of rotatable bonds is 3. The van der Waals surface area contributed by atoms with Gasteiger partial charge in [0.2, 0.25) is 0 Å². The molecule has 20 heavy (non-hydrogen) atoms. The summed E-state index contributed by atoms with van der Waals surface area (Å²) in [6, 6.07) is 6.83. The van der Waals surface area contributed by atoms with Crippen molar-refractivity contribution in [2.24, 2.45) is 5.92 Å². The molecule has 0 aromatic heterocycles. The van der Waals surface area contributed by atoms with E-state index in [-0.39, 0.29) is 17.6 Å². The average Bonchev–Trinajstić information content (AvgIpc) is 2.38. The van der Waals surface area contributed by atoms with Crippen LogP contribution in [-0.2, 0) is 9.84 Å². The van der Waals surface area contributed by atoms with E-state index in [4.69, 9.17) is 11.6 Å². The van der Waals surface area contributed by atoms with Crippen LogP contribution in [0.1, 0.15) is 23.2 Å². The van der Waals surface area contributed by atoms with E-state index in [0.717, 1.165) is 12.8 Å². The molecule has 1 fully saturated rings. The molecule has 0 unspecified atom stereocenters. The third-order valence-electron chi connectivity index (χ3n) is 3.53. The third-order valence-corrected chi connectivity index (χ3v) is 4.86. The molecule has 0 saturated carbocycles. The van der Waals surface area contributed by atoms with Crippen LogP contribution in [0.15, 0.2) is 24.3 Å². The van der Waals surface area contributed by atoms with Gasteiger partial charge in [0.25, 0.3) is 5.91 Å². The lowest BCUT2D eigenvalue weighted by atomic mass is 9.98. The molecule has 0 bridgehead atoms. The Morgan fingerprint density at radius 1 is 1.25 bits per heavy atom. The first-order chi connectivity index (χ1) is 9.35. The lowest BCUT2D eigenvalue weighted by Gasteiger charge is -2.31. The van der Waals surface area contributed by atoms with Crippen LogP contribution in [0.5, 0.6) is 0 Å². The number of piperidine rings is 1. The SMILES string of the molecule is CS(=O)(=O)CC1CCN(C(=O)c2ccc(Cl)cc2)CC1. The van der Waals surface area contributed by atoms with Gasteiger partial charge in [-0.15, -0.1) is 0 Å². The van der Waals surface area contributed by atoms with Gasteiger partial charge in [0.1, 0.15) is 9.84 Å². The zero-order valence-electron chi connectivity index (χ0n) is 11.4. The third kappa shape index (κ3) is 4.21. The Balaban J connectivity index is 1.93. The van der Waals surface area contributed by atoms with Crippen molar-refractivity contribution in [2.45, 2.75) is 12.8 Å². The fourth-order valence-corrected chi connectivity index (χ4v) is 3.82. The maximum Gasteiger partial charge on any atom is 0.253 e. The molecule has 2 rings (SSSR count). The van der Waals surface area contributed by atoms with E-state index >= 15 is 0 Å². The quantitative estimate of drug-likeness (QED) is 0.859. The summed E-state index contributed by atoms with van der Waals surface area (Å²) in [6.07, 6.45) is 2.75. The molecule has 1 aliphatic heterocycles. The highest BCUT2D eigenvalue weighted by atomic mass is 35.5. The fourth-order valence-electron chi connectivity index (χ4n) is 2.51. The summed E-state index contributed by atoms with van der Waals surface area (Å²) < 4.78 is 22.6. The highest BCUT2D eigenvalue weighted by molar-refractivity contribution is 7.90. The van der Waals surface area contributed by atoms with Crippen LogP contribution in [0, 0.1) is 5.92 Å². The minimum atomic E-state index is -2.94. The summed E-state index contributed by atoms with van der Waals surface area (Å²) in [5.41, 5.74) is 0.621. The predicted octanol–water partition coefficient (Wildman–Crippen LogP) is 2.24. The largest absolute Gasteiger partial charge is 0.339 e. The Bertz CT molecular complexity index is 575. The molecule has 0 radical (unpaired) electrons. The first-order valence-corrected chi connectivity index (χ1v) is 9.01. The number of carbonyl (C=O) groups excluding carboxylic acids is 1. The second kappa shape index (κ2) is 6.14. The number of hydrogen-bond acceptors (Lipinski definition) is 3. The summed E-state index contributed by atoms with van der Waals surface area (Å²) >= 11 is 5.80. The van der Waals surface area contributed by atoms with Gasteiger partial charge < -0.3 is 4.90 Å². The zero-order valence-corrected chi connectivity index (χ0v) is 13.0. The number of benzene rings is 1. The van der Waals surface area contributed by atoms with Crippen LogP contribution in [0.25, 0.3) is 0 Å². The molecule has 0 N–H and O–H groups in total. The van der Waals surface area contributed by atoms with Crippen molar-refractivity contribution in [1.29, 1.82) is 0 Å². The molecule has 1 amide bonds. The Labute approximate surface area is 124 Å². The van der Waals surface area contributed by atoms with Crippen LogP contribution < -0.4 is 0 Å². The van der Waals surface area contributed by atoms with E-state index < -0.39 is 9.84 Å². The van der Waals surface area contributed by atoms with Crippen molar-refractivity contribution in [3.8, 4) is 0 Å². The normalized spacial score (nSPS) is 17.2. The van der Waals surface area contributed by atoms with Crippen LogP contribution in [-0.4, -0.2) is 44.3 Å². The zero-order chi connectivity index (χ0) is 14.8. The smallest absolute Gasteiger partial charge is 0.253 e. The van der Waals surface area contributed by atoms with Gasteiger partial charge in [0.15, 0.2) is 0 Å². The van der Waals surface area contributed by atoms with Gasteiger partial charge in [0.05, 0.1) is 5.75 Å². The maximum absolute atomic E-state index is 12.3. The van der Waals surface area contributed by atoms with Crippen molar-refractivity contribution in [3.05, 3.63) is 34.9 Å². The maximum atomic E-state index is 12.3. The van der Waals surface area contributed by atoms with E-state index in [1.165, 1.54) is 6.26 Å². The Kier molecular flexibility index (Phi) is 4.70. The van der Waals surface area contributed by atoms with Crippen LogP contribution in [0.2, 0.25) is 5.02 Å². The number of hydrogen-bond donors (Lipinski definition) is 0. The van der Waals surface area contributed by atoms with Gasteiger partial charge in [-0.3, -0.25) is 4.79 Å². The molecular weight excluding hydrogens is 298 g/mol. The minimum absolute atomic E-state index is 0.0144. The molecule has 0 atom stereocenters. The van der Waals surface area contributed by atoms with E-state index in [0.29, 0.717) is 23.7 Å². The van der Waals surface area contributed by atoms with Crippen molar-refractivity contribution in [2.75, 3.05) is 25.1 Å². The van der Waals surface area contributed by atoms with Crippen molar-refractivity contribution < 1.29 is 13.2 Å². The molecule has 4 nitrogen and oxygen atoms in total. The average molecular weight is 316 g/mol. The molecule has 1 aliphatic rings. The molecule has 0 spiro atoms. The predicted molar refractivity (Wildman–Crippen MR) is 79.8 cm³/mol. The minimum Gasteiger partial charge on any atom is -0.339 e. The number of sulfone groups is 1. The Hall–Kier alpha value is -1.07. The summed E-state index contributed by atoms with van der Waals surface area (Å²) in [7, 11) is -2.94. The van der Waals surface area contributed by atoms with Crippen LogP contribution in [0.4, 0.5) is 0 Å². The highest BCUT2D eigenvalue weighted by Gasteiger charge is 2.25. The van der Waals surface area contributed by atoms with Crippen molar-refractivity contribution in [1.82, 2.24) is 4.90 Å². The summed E-state index contributed by atoms with van der Waals surface area (Å²) in [5, 5.41) is 0.605. The van der Waals surface area contributed by atoms with Crippen molar-refractivity contribution in [3.63, 3.8) is 0 Å². The topological polar surface area (TPSA) is 54.5 Å². The Morgan fingerprint density at radius 2 is 1.80 bits per heavy atom. The van der Waals surface area contributed by atoms with Gasteiger partial charge in [0, 0.05) is 29.9 Å². The van der Waals surface area contributed by atoms with E-state index in [1.807, 2.05) is 0 Å². The van der Waals surface area contributed by atoms with E-state index in [1.54, 1.807) is 29.2 Å². The first kappa shape index (κ1) is 15.3. The first-order valence-electron chi connectivity index (χ1n) is 6.58. The standard InChI is InChI=1S/C14H18ClNO3S/c1-20(18,19)10-11-6-8-16(9-7-11)14(17)12-2-4-13(15)5-3-12/h2-5,11H,6-10H2,1H3. The summed E-state index contributed by atoms with van der Waals surface area (Å²) in [4.78, 5) is 14.0. The summed E-state index contributed by atoms with van der Waals surface area (Å²) in [6.45, 7) is 1.23. The van der Waals surface area contributed by atoms with Crippen molar-refractivity contribution >= 4 is 27.3 Å². The molecule has 110 valence electrons. The Morgan fingerprint density at radius 3 is 2.30 bits per heavy atom. The highest BCUT2D eigenvalue weighted by Crippen LogP contribution is 2.21. The molecule has 1 saturated heterocycles. The van der Waals surface area contributed by atoms with E-state index in [9.17, 15) is 13.2 Å². The van der Waals surface area contributed by atoms with Gasteiger partial charge in [-0.2, -0.15) is 0 Å². The number of carbonyl (C=O) groups is 1. The number of nitrogens with zero attached hydrogens (tertiary/aromatic N) is 1. The van der Waals surface area contributed by atoms with Gasteiger partial charge in [-0.1, -0.05) is 11.6 Å². The molecule has 1 aromatic rings. The summed E-state index contributed by atoms with van der Waals surface area (Å²) in [5.74, 6) is 0.370. The fraction of sp³-hybridized carbons (Fsp3) is 0.500. The molecule has 0 aliphatic carbocycles. The molecular formula is C14H18ClNO3S. The van der Waals surface area contributed by atoms with Gasteiger partial charge >= 0.3 is 0 Å². The molecule has 6 heteroatoms. The molecule has 1 heterocycles. The molecule has 1 aromatic carbocycles. The van der Waals surface area contributed by atoms with E-state index in [2.05, 4.69) is 0 Å². The van der Waals surface area contributed by atoms with Gasteiger partial charge in [-0.25, -0.2) is 8.42 Å².